The minimum atomic E-state index is -0.463. The zero-order valence-corrected chi connectivity index (χ0v) is 15.8. The van der Waals surface area contributed by atoms with Crippen molar-refractivity contribution in [3.63, 3.8) is 0 Å². The Kier molecular flexibility index (Phi) is 3.91. The van der Waals surface area contributed by atoms with Crippen molar-refractivity contribution in [1.29, 1.82) is 0 Å². The highest BCUT2D eigenvalue weighted by molar-refractivity contribution is 5.88. The zero-order valence-electron chi connectivity index (χ0n) is 15.8. The van der Waals surface area contributed by atoms with Crippen molar-refractivity contribution < 1.29 is 15.0 Å². The molecule has 146 valence electrons. The summed E-state index contributed by atoms with van der Waals surface area (Å²) in [4.78, 5) is 17.6. The molecule has 0 unspecified atom stereocenters. The number of aryl methyl sites for hydroxylation is 1. The number of hydrogen-bond acceptors (Lipinski definition) is 6. The normalized spacial score (nSPS) is 23.0. The van der Waals surface area contributed by atoms with Crippen LogP contribution in [0.5, 0.6) is 11.5 Å². The van der Waals surface area contributed by atoms with Gasteiger partial charge in [0.15, 0.2) is 11.5 Å². The minimum Gasteiger partial charge on any atom is -0.504 e. The fourth-order valence-corrected chi connectivity index (χ4v) is 4.26. The maximum absolute atomic E-state index is 13.3. The first-order valence-electron chi connectivity index (χ1n) is 9.50. The second kappa shape index (κ2) is 6.48. The van der Waals surface area contributed by atoms with Gasteiger partial charge in [0.2, 0.25) is 5.95 Å². The highest BCUT2D eigenvalue weighted by Crippen LogP contribution is 2.45. The van der Waals surface area contributed by atoms with Gasteiger partial charge < -0.3 is 15.5 Å². The van der Waals surface area contributed by atoms with Gasteiger partial charge in [-0.05, 0) is 30.2 Å². The fourth-order valence-electron chi connectivity index (χ4n) is 4.26. The van der Waals surface area contributed by atoms with Gasteiger partial charge in [0.1, 0.15) is 12.1 Å². The molecule has 0 radical (unpaired) electrons. The van der Waals surface area contributed by atoms with E-state index in [-0.39, 0.29) is 23.2 Å². The third-order valence-electron chi connectivity index (χ3n) is 5.74. The van der Waals surface area contributed by atoms with Crippen molar-refractivity contribution in [2.75, 3.05) is 5.32 Å². The number of fused-ring (bicyclic) bond motifs is 2. The number of phenols is 2. The molecular weight excluding hydrogens is 368 g/mol. The van der Waals surface area contributed by atoms with Gasteiger partial charge in [-0.2, -0.15) is 10.1 Å². The molecule has 3 atom stereocenters. The number of rotatable bonds is 2. The molecule has 0 spiro atoms. The Labute approximate surface area is 167 Å². The fraction of sp³-hybridized carbons (Fsp3) is 0.227. The van der Waals surface area contributed by atoms with Crippen LogP contribution < -0.4 is 5.32 Å². The van der Waals surface area contributed by atoms with E-state index in [2.05, 4.69) is 45.7 Å². The summed E-state index contributed by atoms with van der Waals surface area (Å²) < 4.78 is 1.66. The van der Waals surface area contributed by atoms with E-state index >= 15 is 0 Å². The van der Waals surface area contributed by atoms with E-state index in [1.165, 1.54) is 24.0 Å². The molecule has 7 nitrogen and oxygen atoms in total. The molecule has 1 aliphatic carbocycles. The number of nitrogens with one attached hydrogen (secondary N) is 1. The smallest absolute Gasteiger partial charge is 0.226 e. The van der Waals surface area contributed by atoms with Crippen LogP contribution in [-0.4, -0.2) is 30.8 Å². The summed E-state index contributed by atoms with van der Waals surface area (Å²) in [6.07, 6.45) is 3.93. The number of Topliss-reactive ketones (excluding diaryl/α,β-unsaturated/α-hetero) is 1. The lowest BCUT2D eigenvalue weighted by atomic mass is 9.75. The molecule has 0 fully saturated rings. The molecule has 3 aromatic rings. The number of benzene rings is 2. The first-order valence-corrected chi connectivity index (χ1v) is 9.50. The Bertz CT molecular complexity index is 1130. The highest BCUT2D eigenvalue weighted by atomic mass is 16.3. The Morgan fingerprint density at radius 1 is 1.07 bits per heavy atom. The Balaban J connectivity index is 1.61. The van der Waals surface area contributed by atoms with Gasteiger partial charge in [0.25, 0.3) is 0 Å². The largest absolute Gasteiger partial charge is 0.504 e. The molecule has 5 rings (SSSR count). The summed E-state index contributed by atoms with van der Waals surface area (Å²) in [5.74, 6) is -0.262. The molecule has 2 aromatic carbocycles. The average molecular weight is 388 g/mol. The maximum Gasteiger partial charge on any atom is 0.226 e. The molecule has 0 saturated carbocycles. The van der Waals surface area contributed by atoms with E-state index < -0.39 is 12.0 Å². The SMILES string of the molecule is Cc1ccc([C@H]2C=C3Nc4ncnn4[C@H](c4ccc(O)c(O)c4)[C@H]3C(=O)C2)cc1. The van der Waals surface area contributed by atoms with Gasteiger partial charge in [-0.3, -0.25) is 4.79 Å². The van der Waals surface area contributed by atoms with E-state index in [0.29, 0.717) is 17.9 Å². The van der Waals surface area contributed by atoms with E-state index in [0.717, 1.165) is 11.3 Å². The van der Waals surface area contributed by atoms with Gasteiger partial charge in [-0.25, -0.2) is 4.68 Å². The number of allylic oxidation sites excluding steroid dienone is 2. The van der Waals surface area contributed by atoms with Crippen LogP contribution in [0.25, 0.3) is 0 Å². The van der Waals surface area contributed by atoms with Gasteiger partial charge in [-0.1, -0.05) is 42.0 Å². The molecule has 0 saturated heterocycles. The van der Waals surface area contributed by atoms with Crippen LogP contribution in [0.15, 0.2) is 60.6 Å². The number of anilines is 1. The van der Waals surface area contributed by atoms with Crippen LogP contribution in [0.2, 0.25) is 0 Å². The summed E-state index contributed by atoms with van der Waals surface area (Å²) >= 11 is 0. The van der Waals surface area contributed by atoms with Crippen LogP contribution in [0.3, 0.4) is 0 Å². The standard InChI is InChI=1S/C22H20N4O3/c1-12-2-4-13(5-3-12)15-8-16-20(19(29)10-15)21(26-22(25-16)23-11-24-26)14-6-7-17(27)18(28)9-14/h2-9,11,15,20-21,27-28H,10H2,1H3,(H,23,24,25)/t15-,20+,21+/m0/s1. The van der Waals surface area contributed by atoms with Crippen LogP contribution in [0, 0.1) is 12.8 Å². The van der Waals surface area contributed by atoms with E-state index in [1.807, 2.05) is 6.92 Å². The van der Waals surface area contributed by atoms with Gasteiger partial charge in [0, 0.05) is 18.0 Å². The van der Waals surface area contributed by atoms with Crippen molar-refractivity contribution in [2.24, 2.45) is 5.92 Å². The average Bonchev–Trinajstić information content (AvgIpc) is 3.17. The quantitative estimate of drug-likeness (QED) is 0.583. The zero-order chi connectivity index (χ0) is 20.1. The minimum absolute atomic E-state index is 0.00908. The number of ketones is 1. The summed E-state index contributed by atoms with van der Waals surface area (Å²) in [6.45, 7) is 2.04. The van der Waals surface area contributed by atoms with Crippen LogP contribution in [0.4, 0.5) is 5.95 Å². The Morgan fingerprint density at radius 2 is 1.83 bits per heavy atom. The predicted molar refractivity (Wildman–Crippen MR) is 107 cm³/mol. The molecule has 29 heavy (non-hydrogen) atoms. The third-order valence-corrected chi connectivity index (χ3v) is 5.74. The van der Waals surface area contributed by atoms with Gasteiger partial charge >= 0.3 is 0 Å². The van der Waals surface area contributed by atoms with Crippen LogP contribution in [-0.2, 0) is 4.79 Å². The van der Waals surface area contributed by atoms with E-state index in [1.54, 1.807) is 10.7 Å². The molecule has 2 heterocycles. The second-order valence-electron chi connectivity index (χ2n) is 7.63. The monoisotopic (exact) mass is 388 g/mol. The summed E-state index contributed by atoms with van der Waals surface area (Å²) in [6, 6.07) is 12.4. The first kappa shape index (κ1) is 17.5. The Hall–Kier alpha value is -3.61. The molecular formula is C22H20N4O3. The molecule has 0 amide bonds. The molecule has 1 aromatic heterocycles. The summed E-state index contributed by atoms with van der Waals surface area (Å²) in [5.41, 5.74) is 3.76. The maximum atomic E-state index is 13.3. The lowest BCUT2D eigenvalue weighted by Crippen LogP contribution is -2.40. The van der Waals surface area contributed by atoms with Crippen LogP contribution in [0.1, 0.15) is 35.1 Å². The number of carbonyl (C=O) groups is 1. The van der Waals surface area contributed by atoms with E-state index in [4.69, 9.17) is 0 Å². The Morgan fingerprint density at radius 3 is 2.59 bits per heavy atom. The van der Waals surface area contributed by atoms with Crippen molar-refractivity contribution in [3.8, 4) is 11.5 Å². The van der Waals surface area contributed by atoms with Crippen LogP contribution >= 0.6 is 0 Å². The molecule has 0 bridgehead atoms. The second-order valence-corrected chi connectivity index (χ2v) is 7.63. The number of aromatic nitrogens is 3. The van der Waals surface area contributed by atoms with Gasteiger partial charge in [-0.15, -0.1) is 0 Å². The molecule has 1 aliphatic heterocycles. The van der Waals surface area contributed by atoms with E-state index in [9.17, 15) is 15.0 Å². The lowest BCUT2D eigenvalue weighted by Gasteiger charge is -2.38. The number of phenolic OH excluding ortho intramolecular Hbond substituents is 2. The topological polar surface area (TPSA) is 100 Å². The highest BCUT2D eigenvalue weighted by Gasteiger charge is 2.43. The lowest BCUT2D eigenvalue weighted by molar-refractivity contribution is -0.123. The van der Waals surface area contributed by atoms with Crippen molar-refractivity contribution >= 4 is 11.7 Å². The summed E-state index contributed by atoms with van der Waals surface area (Å²) in [7, 11) is 0. The predicted octanol–water partition coefficient (Wildman–Crippen LogP) is 3.27. The number of nitrogens with zero attached hydrogens (tertiary/aromatic N) is 3. The van der Waals surface area contributed by atoms with Crippen molar-refractivity contribution in [3.05, 3.63) is 77.3 Å². The molecule has 2 aliphatic rings. The van der Waals surface area contributed by atoms with Gasteiger partial charge in [0.05, 0.1) is 12.0 Å². The molecule has 7 heteroatoms. The number of carbonyl (C=O) groups excluding carboxylic acids is 1. The third kappa shape index (κ3) is 2.86. The first-order chi connectivity index (χ1) is 14.0. The number of aromatic hydroxyl groups is 2. The van der Waals surface area contributed by atoms with Crippen molar-refractivity contribution in [1.82, 2.24) is 14.8 Å². The van der Waals surface area contributed by atoms with Crippen molar-refractivity contribution in [2.45, 2.75) is 25.3 Å². The molecule has 3 N–H and O–H groups in total. The number of hydrogen-bond donors (Lipinski definition) is 3. The summed E-state index contributed by atoms with van der Waals surface area (Å²) in [5, 5.41) is 27.2.